The van der Waals surface area contributed by atoms with Gasteiger partial charge in [0, 0.05) is 18.5 Å². The number of benzene rings is 1. The van der Waals surface area contributed by atoms with Gasteiger partial charge in [0.2, 0.25) is 5.91 Å². The van der Waals surface area contributed by atoms with Crippen molar-refractivity contribution in [3.63, 3.8) is 0 Å². The fraction of sp³-hybridized carbons (Fsp3) is 0.167. The number of pyridine rings is 1. The summed E-state index contributed by atoms with van der Waals surface area (Å²) in [5, 5.41) is 3.82. The number of carbonyl (C=O) groups is 1. The largest absolute Gasteiger partial charge is 0.325 e. The highest BCUT2D eigenvalue weighted by Crippen LogP contribution is 2.25. The Morgan fingerprint density at radius 3 is 2.87 bits per heavy atom. The number of hydrogen-bond donors (Lipinski definition) is 1. The van der Waals surface area contributed by atoms with Gasteiger partial charge in [0.1, 0.15) is 0 Å². The van der Waals surface area contributed by atoms with Crippen LogP contribution in [0.4, 0.5) is 5.69 Å². The molecule has 1 aromatic carbocycles. The van der Waals surface area contributed by atoms with Crippen molar-refractivity contribution in [2.24, 2.45) is 0 Å². The average molecular weight is 200 g/mol. The second-order valence-electron chi connectivity index (χ2n) is 3.51. The number of hydrogen-bond acceptors (Lipinski definition) is 2. The van der Waals surface area contributed by atoms with Gasteiger partial charge in [0.15, 0.2) is 0 Å². The van der Waals surface area contributed by atoms with Gasteiger partial charge in [-0.2, -0.15) is 0 Å². The minimum Gasteiger partial charge on any atom is -0.325 e. The number of amides is 1. The van der Waals surface area contributed by atoms with Gasteiger partial charge < -0.3 is 5.32 Å². The number of carbonyl (C=O) groups excluding carboxylic acids is 1. The summed E-state index contributed by atoms with van der Waals surface area (Å²) < 4.78 is 0. The zero-order valence-corrected chi connectivity index (χ0v) is 8.74. The van der Waals surface area contributed by atoms with E-state index in [1.54, 1.807) is 6.20 Å². The Hall–Kier alpha value is -1.90. The van der Waals surface area contributed by atoms with Gasteiger partial charge in [-0.25, -0.2) is 0 Å². The highest BCUT2D eigenvalue weighted by molar-refractivity contribution is 6.01. The molecule has 1 aromatic heterocycles. The van der Waals surface area contributed by atoms with Crippen LogP contribution in [0.5, 0.6) is 0 Å². The second kappa shape index (κ2) is 3.69. The lowest BCUT2D eigenvalue weighted by Gasteiger charge is -2.09. The molecule has 0 spiro atoms. The standard InChI is InChI=1S/C12H12N2O/c1-8-5-6-11-10(4-3-7-13-11)12(8)14-9(2)15/h3-7H,1-2H3,(H,14,15). The van der Waals surface area contributed by atoms with Crippen molar-refractivity contribution in [1.82, 2.24) is 4.98 Å². The first-order valence-corrected chi connectivity index (χ1v) is 4.80. The minimum absolute atomic E-state index is 0.0607. The van der Waals surface area contributed by atoms with E-state index in [-0.39, 0.29) is 5.91 Å². The molecule has 0 atom stereocenters. The number of nitrogens with zero attached hydrogens (tertiary/aromatic N) is 1. The normalized spacial score (nSPS) is 10.3. The molecular weight excluding hydrogens is 188 g/mol. The summed E-state index contributed by atoms with van der Waals surface area (Å²) in [7, 11) is 0. The molecule has 0 saturated heterocycles. The minimum atomic E-state index is -0.0607. The van der Waals surface area contributed by atoms with Crippen molar-refractivity contribution in [3.05, 3.63) is 36.0 Å². The molecule has 15 heavy (non-hydrogen) atoms. The smallest absolute Gasteiger partial charge is 0.221 e. The second-order valence-corrected chi connectivity index (χ2v) is 3.51. The molecule has 1 N–H and O–H groups in total. The number of anilines is 1. The molecule has 0 aliphatic carbocycles. The van der Waals surface area contributed by atoms with Gasteiger partial charge >= 0.3 is 0 Å². The van der Waals surface area contributed by atoms with Crippen LogP contribution in [-0.2, 0) is 4.79 Å². The molecule has 1 amide bonds. The first-order chi connectivity index (χ1) is 7.18. The summed E-state index contributed by atoms with van der Waals surface area (Å²) in [6.45, 7) is 3.48. The molecule has 3 nitrogen and oxygen atoms in total. The first-order valence-electron chi connectivity index (χ1n) is 4.80. The van der Waals surface area contributed by atoms with Crippen LogP contribution in [0.3, 0.4) is 0 Å². The van der Waals surface area contributed by atoms with E-state index >= 15 is 0 Å². The number of nitrogens with one attached hydrogen (secondary N) is 1. The molecule has 3 heteroatoms. The van der Waals surface area contributed by atoms with E-state index in [4.69, 9.17) is 0 Å². The molecule has 0 radical (unpaired) electrons. The topological polar surface area (TPSA) is 42.0 Å². The SMILES string of the molecule is CC(=O)Nc1c(C)ccc2ncccc12. The van der Waals surface area contributed by atoms with Crippen molar-refractivity contribution in [1.29, 1.82) is 0 Å². The van der Waals surface area contributed by atoms with Crippen LogP contribution in [0, 0.1) is 6.92 Å². The van der Waals surface area contributed by atoms with Gasteiger partial charge in [0.05, 0.1) is 11.2 Å². The molecular formula is C12H12N2O. The number of fused-ring (bicyclic) bond motifs is 1. The van der Waals surface area contributed by atoms with Crippen LogP contribution in [0.2, 0.25) is 0 Å². The molecule has 76 valence electrons. The Labute approximate surface area is 88.1 Å². The van der Waals surface area contributed by atoms with Crippen molar-refractivity contribution in [2.75, 3.05) is 5.32 Å². The predicted molar refractivity (Wildman–Crippen MR) is 60.8 cm³/mol. The maximum absolute atomic E-state index is 11.1. The van der Waals surface area contributed by atoms with Crippen LogP contribution in [0.15, 0.2) is 30.5 Å². The Kier molecular flexibility index (Phi) is 2.37. The van der Waals surface area contributed by atoms with Gasteiger partial charge in [-0.05, 0) is 30.7 Å². The number of rotatable bonds is 1. The maximum atomic E-state index is 11.1. The lowest BCUT2D eigenvalue weighted by Crippen LogP contribution is -2.07. The van der Waals surface area contributed by atoms with E-state index in [9.17, 15) is 4.79 Å². The van der Waals surface area contributed by atoms with Gasteiger partial charge in [0.25, 0.3) is 0 Å². The van der Waals surface area contributed by atoms with E-state index in [0.29, 0.717) is 0 Å². The van der Waals surface area contributed by atoms with Crippen LogP contribution >= 0.6 is 0 Å². The fourth-order valence-electron chi connectivity index (χ4n) is 1.60. The molecule has 0 aliphatic rings. The zero-order valence-electron chi connectivity index (χ0n) is 8.74. The van der Waals surface area contributed by atoms with Gasteiger partial charge in [-0.1, -0.05) is 6.07 Å². The van der Waals surface area contributed by atoms with Crippen LogP contribution in [-0.4, -0.2) is 10.9 Å². The summed E-state index contributed by atoms with van der Waals surface area (Å²) in [5.74, 6) is -0.0607. The molecule has 0 saturated carbocycles. The van der Waals surface area contributed by atoms with Crippen LogP contribution < -0.4 is 5.32 Å². The van der Waals surface area contributed by atoms with Crippen molar-refractivity contribution >= 4 is 22.5 Å². The summed E-state index contributed by atoms with van der Waals surface area (Å²) >= 11 is 0. The third-order valence-corrected chi connectivity index (χ3v) is 2.29. The Morgan fingerprint density at radius 2 is 2.13 bits per heavy atom. The van der Waals surface area contributed by atoms with Crippen molar-refractivity contribution in [2.45, 2.75) is 13.8 Å². The lowest BCUT2D eigenvalue weighted by atomic mass is 10.1. The van der Waals surface area contributed by atoms with E-state index in [1.807, 2.05) is 31.2 Å². The Bertz CT molecular complexity index is 520. The van der Waals surface area contributed by atoms with E-state index < -0.39 is 0 Å². The molecule has 0 bridgehead atoms. The predicted octanol–water partition coefficient (Wildman–Crippen LogP) is 2.50. The average Bonchev–Trinajstić information content (AvgIpc) is 2.22. The first kappa shape index (κ1) is 9.65. The maximum Gasteiger partial charge on any atom is 0.221 e. The third kappa shape index (κ3) is 1.81. The quantitative estimate of drug-likeness (QED) is 0.768. The molecule has 2 aromatic rings. The highest BCUT2D eigenvalue weighted by Gasteiger charge is 2.05. The summed E-state index contributed by atoms with van der Waals surface area (Å²) in [4.78, 5) is 15.3. The lowest BCUT2D eigenvalue weighted by molar-refractivity contribution is -0.114. The van der Waals surface area contributed by atoms with E-state index in [0.717, 1.165) is 22.2 Å². The van der Waals surface area contributed by atoms with Gasteiger partial charge in [-0.15, -0.1) is 0 Å². The molecule has 2 rings (SSSR count). The van der Waals surface area contributed by atoms with E-state index in [1.165, 1.54) is 6.92 Å². The number of aromatic nitrogens is 1. The summed E-state index contributed by atoms with van der Waals surface area (Å²) in [6, 6.07) is 7.74. The molecule has 0 unspecified atom stereocenters. The van der Waals surface area contributed by atoms with E-state index in [2.05, 4.69) is 10.3 Å². The monoisotopic (exact) mass is 200 g/mol. The molecule has 0 aliphatic heterocycles. The summed E-state index contributed by atoms with van der Waals surface area (Å²) in [5.41, 5.74) is 2.80. The van der Waals surface area contributed by atoms with Crippen LogP contribution in [0.1, 0.15) is 12.5 Å². The van der Waals surface area contributed by atoms with Crippen molar-refractivity contribution < 1.29 is 4.79 Å². The molecule has 1 heterocycles. The van der Waals surface area contributed by atoms with Crippen molar-refractivity contribution in [3.8, 4) is 0 Å². The molecule has 0 fully saturated rings. The fourth-order valence-corrected chi connectivity index (χ4v) is 1.60. The number of aryl methyl sites for hydroxylation is 1. The third-order valence-electron chi connectivity index (χ3n) is 2.29. The highest BCUT2D eigenvalue weighted by atomic mass is 16.1. The Balaban J connectivity index is 2.68. The van der Waals surface area contributed by atoms with Gasteiger partial charge in [-0.3, -0.25) is 9.78 Å². The van der Waals surface area contributed by atoms with Crippen LogP contribution in [0.25, 0.3) is 10.9 Å². The summed E-state index contributed by atoms with van der Waals surface area (Å²) in [6.07, 6.45) is 1.75. The zero-order chi connectivity index (χ0) is 10.8. The Morgan fingerprint density at radius 1 is 1.33 bits per heavy atom.